The molecule has 0 radical (unpaired) electrons. The molecule has 0 saturated carbocycles. The summed E-state index contributed by atoms with van der Waals surface area (Å²) in [5.41, 5.74) is 0. The Balaban J connectivity index is 2.76. The van der Waals surface area contributed by atoms with Gasteiger partial charge in [-0.15, -0.1) is 0 Å². The van der Waals surface area contributed by atoms with Crippen molar-refractivity contribution in [3.8, 4) is 0 Å². The average molecular weight is 222 g/mol. The summed E-state index contributed by atoms with van der Waals surface area (Å²) < 4.78 is 5.49. The highest BCUT2D eigenvalue weighted by atomic mass is 32.2. The largest absolute Gasteiger partial charge is 0.380 e. The highest BCUT2D eigenvalue weighted by Gasteiger charge is 1.90. The Labute approximate surface area is 91.4 Å². The van der Waals surface area contributed by atoms with Crippen LogP contribution in [0.4, 0.5) is 0 Å². The number of ether oxygens (including phenoxy) is 1. The van der Waals surface area contributed by atoms with Crippen molar-refractivity contribution in [3.05, 3.63) is 0 Å². The molecular formula is C10H22OS2. The molecule has 0 N–H and O–H groups in total. The van der Waals surface area contributed by atoms with Crippen LogP contribution in [0.25, 0.3) is 0 Å². The molecule has 0 fully saturated rings. The van der Waals surface area contributed by atoms with E-state index >= 15 is 0 Å². The average Bonchev–Trinajstić information content (AvgIpc) is 2.16. The van der Waals surface area contributed by atoms with Gasteiger partial charge in [-0.1, -0.05) is 13.8 Å². The molecule has 0 amide bonds. The monoisotopic (exact) mass is 222 g/mol. The van der Waals surface area contributed by atoms with Crippen molar-refractivity contribution in [2.24, 2.45) is 0 Å². The van der Waals surface area contributed by atoms with Crippen LogP contribution in [-0.2, 0) is 4.74 Å². The summed E-state index contributed by atoms with van der Waals surface area (Å²) in [4.78, 5) is 0. The van der Waals surface area contributed by atoms with E-state index in [1.165, 1.54) is 24.3 Å². The minimum atomic E-state index is 0.928. The van der Waals surface area contributed by atoms with Crippen molar-refractivity contribution < 1.29 is 4.74 Å². The molecule has 0 unspecified atom stereocenters. The molecule has 0 atom stereocenters. The van der Waals surface area contributed by atoms with Crippen molar-refractivity contribution in [2.75, 3.05) is 36.2 Å². The summed E-state index contributed by atoms with van der Waals surface area (Å²) in [5, 5.41) is 0. The van der Waals surface area contributed by atoms with Crippen LogP contribution in [0.15, 0.2) is 0 Å². The smallest absolute Gasteiger partial charge is 0.0557 e. The molecule has 0 aromatic carbocycles. The maximum absolute atomic E-state index is 5.49. The van der Waals surface area contributed by atoms with E-state index in [0.717, 1.165) is 24.7 Å². The van der Waals surface area contributed by atoms with Gasteiger partial charge in [-0.3, -0.25) is 0 Å². The topological polar surface area (TPSA) is 9.23 Å². The van der Waals surface area contributed by atoms with Crippen molar-refractivity contribution in [1.82, 2.24) is 0 Å². The maximum atomic E-state index is 5.49. The Morgan fingerprint density at radius 2 is 1.23 bits per heavy atom. The lowest BCUT2D eigenvalue weighted by molar-refractivity contribution is 0.167. The lowest BCUT2D eigenvalue weighted by atomic mass is 10.6. The van der Waals surface area contributed by atoms with Gasteiger partial charge >= 0.3 is 0 Å². The van der Waals surface area contributed by atoms with E-state index < -0.39 is 0 Å². The number of rotatable bonds is 10. The van der Waals surface area contributed by atoms with E-state index in [2.05, 4.69) is 13.8 Å². The number of thioether (sulfide) groups is 2. The Hall–Kier alpha value is 0.660. The fourth-order valence-corrected chi connectivity index (χ4v) is 2.29. The van der Waals surface area contributed by atoms with E-state index in [-0.39, 0.29) is 0 Å². The van der Waals surface area contributed by atoms with Gasteiger partial charge in [0.2, 0.25) is 0 Å². The summed E-state index contributed by atoms with van der Waals surface area (Å²) in [6, 6.07) is 0. The fraction of sp³-hybridized carbons (Fsp3) is 1.00. The zero-order chi connectivity index (χ0) is 9.78. The summed E-state index contributed by atoms with van der Waals surface area (Å²) in [5.74, 6) is 4.86. The highest BCUT2D eigenvalue weighted by Crippen LogP contribution is 2.03. The fourth-order valence-electron chi connectivity index (χ4n) is 0.831. The van der Waals surface area contributed by atoms with Gasteiger partial charge in [0.1, 0.15) is 0 Å². The van der Waals surface area contributed by atoms with Crippen molar-refractivity contribution in [2.45, 2.75) is 26.7 Å². The first-order valence-corrected chi connectivity index (χ1v) is 7.46. The second-order valence-electron chi connectivity index (χ2n) is 2.84. The molecule has 13 heavy (non-hydrogen) atoms. The summed E-state index contributed by atoms with van der Waals surface area (Å²) in [7, 11) is 0. The molecule has 0 bridgehead atoms. The third-order valence-corrected chi connectivity index (χ3v) is 3.75. The Kier molecular flexibility index (Phi) is 13.3. The first-order valence-electron chi connectivity index (χ1n) is 5.15. The molecule has 1 nitrogen and oxygen atoms in total. The van der Waals surface area contributed by atoms with Crippen LogP contribution in [0.5, 0.6) is 0 Å². The second-order valence-corrected chi connectivity index (χ2v) is 5.29. The Morgan fingerprint density at radius 3 is 1.62 bits per heavy atom. The molecule has 0 heterocycles. The quantitative estimate of drug-likeness (QED) is 0.525. The molecule has 80 valence electrons. The first-order chi connectivity index (χ1) is 6.41. The van der Waals surface area contributed by atoms with E-state index in [1.54, 1.807) is 0 Å². The summed E-state index contributed by atoms with van der Waals surface area (Å²) >= 11 is 3.98. The molecule has 3 heteroatoms. The van der Waals surface area contributed by atoms with E-state index in [4.69, 9.17) is 4.74 Å². The van der Waals surface area contributed by atoms with Gasteiger partial charge in [0.15, 0.2) is 0 Å². The van der Waals surface area contributed by atoms with Gasteiger partial charge in [0.05, 0.1) is 13.2 Å². The number of hydrogen-bond donors (Lipinski definition) is 0. The van der Waals surface area contributed by atoms with Crippen LogP contribution in [0.1, 0.15) is 26.7 Å². The van der Waals surface area contributed by atoms with Gasteiger partial charge in [0.25, 0.3) is 0 Å². The minimum absolute atomic E-state index is 0.928. The minimum Gasteiger partial charge on any atom is -0.380 e. The first kappa shape index (κ1) is 13.7. The van der Waals surface area contributed by atoms with Crippen LogP contribution in [0.3, 0.4) is 0 Å². The van der Waals surface area contributed by atoms with Crippen molar-refractivity contribution >= 4 is 23.5 Å². The third kappa shape index (κ3) is 12.7. The van der Waals surface area contributed by atoms with Crippen molar-refractivity contribution in [3.63, 3.8) is 0 Å². The van der Waals surface area contributed by atoms with E-state index in [0.29, 0.717) is 0 Å². The van der Waals surface area contributed by atoms with Crippen LogP contribution in [0, 0.1) is 0 Å². The zero-order valence-electron chi connectivity index (χ0n) is 8.88. The van der Waals surface area contributed by atoms with Gasteiger partial charge in [-0.05, 0) is 24.3 Å². The predicted octanol–water partition coefficient (Wildman–Crippen LogP) is 3.29. The van der Waals surface area contributed by atoms with E-state index in [9.17, 15) is 0 Å². The maximum Gasteiger partial charge on any atom is 0.0557 e. The van der Waals surface area contributed by atoms with Crippen LogP contribution in [0.2, 0.25) is 0 Å². The summed E-state index contributed by atoms with van der Waals surface area (Å²) in [6.07, 6.45) is 2.55. The van der Waals surface area contributed by atoms with Gasteiger partial charge < -0.3 is 4.74 Å². The van der Waals surface area contributed by atoms with Gasteiger partial charge in [0, 0.05) is 11.5 Å². The SMILES string of the molecule is CCCSCCOCCSCCC. The lowest BCUT2D eigenvalue weighted by Crippen LogP contribution is -2.02. The standard InChI is InChI=1S/C10H22OS2/c1-3-7-12-9-5-11-6-10-13-8-4-2/h3-10H2,1-2H3. The molecule has 0 saturated heterocycles. The van der Waals surface area contributed by atoms with Crippen LogP contribution in [-0.4, -0.2) is 36.2 Å². The molecule has 0 aromatic heterocycles. The molecule has 0 aromatic rings. The molecule has 0 aliphatic carbocycles. The lowest BCUT2D eigenvalue weighted by Gasteiger charge is -2.03. The zero-order valence-corrected chi connectivity index (χ0v) is 10.5. The van der Waals surface area contributed by atoms with Gasteiger partial charge in [-0.25, -0.2) is 0 Å². The van der Waals surface area contributed by atoms with Crippen LogP contribution < -0.4 is 0 Å². The molecule has 0 rings (SSSR count). The van der Waals surface area contributed by atoms with Gasteiger partial charge in [-0.2, -0.15) is 23.5 Å². The molecule has 0 aliphatic rings. The molecule has 0 spiro atoms. The molecule has 0 aliphatic heterocycles. The molecular weight excluding hydrogens is 200 g/mol. The van der Waals surface area contributed by atoms with Crippen LogP contribution >= 0.6 is 23.5 Å². The third-order valence-electron chi connectivity index (χ3n) is 1.44. The highest BCUT2D eigenvalue weighted by molar-refractivity contribution is 7.99. The van der Waals surface area contributed by atoms with Crippen molar-refractivity contribution in [1.29, 1.82) is 0 Å². The second kappa shape index (κ2) is 12.7. The Morgan fingerprint density at radius 1 is 0.769 bits per heavy atom. The summed E-state index contributed by atoms with van der Waals surface area (Å²) in [6.45, 7) is 6.29. The van der Waals surface area contributed by atoms with E-state index in [1.807, 2.05) is 23.5 Å². The normalized spacial score (nSPS) is 10.6. The predicted molar refractivity (Wildman–Crippen MR) is 66.1 cm³/mol. The Bertz CT molecular complexity index is 79.0. The number of hydrogen-bond acceptors (Lipinski definition) is 3.